The van der Waals surface area contributed by atoms with E-state index in [0.29, 0.717) is 11.9 Å². The standard InChI is InChI=1S/C16H21N3/c1-11(2)15-7-5-14(6-8-15)10-17-16-18-12(3)9-13(4)19-16/h5-9,11H,10H2,1-4H3,(H,17,18,19). The van der Waals surface area contributed by atoms with E-state index < -0.39 is 0 Å². The third kappa shape index (κ3) is 3.78. The summed E-state index contributed by atoms with van der Waals surface area (Å²) in [5, 5.41) is 3.27. The highest BCUT2D eigenvalue weighted by Gasteiger charge is 2.01. The SMILES string of the molecule is Cc1cc(C)nc(NCc2ccc(C(C)C)cc2)n1. The smallest absolute Gasteiger partial charge is 0.223 e. The molecule has 0 radical (unpaired) electrons. The highest BCUT2D eigenvalue weighted by Crippen LogP contribution is 2.15. The Bertz CT molecular complexity index is 524. The van der Waals surface area contributed by atoms with Crippen molar-refractivity contribution in [2.45, 2.75) is 40.2 Å². The van der Waals surface area contributed by atoms with Crippen LogP contribution in [0.5, 0.6) is 0 Å². The Morgan fingerprint density at radius 2 is 1.58 bits per heavy atom. The van der Waals surface area contributed by atoms with E-state index in [1.807, 2.05) is 19.9 Å². The van der Waals surface area contributed by atoms with Gasteiger partial charge < -0.3 is 5.32 Å². The van der Waals surface area contributed by atoms with Crippen LogP contribution in [0.25, 0.3) is 0 Å². The molecule has 1 N–H and O–H groups in total. The third-order valence-electron chi connectivity index (χ3n) is 3.08. The molecule has 0 aliphatic heterocycles. The minimum absolute atomic E-state index is 0.574. The molecule has 1 aromatic carbocycles. The predicted octanol–water partition coefficient (Wildman–Crippen LogP) is 3.83. The van der Waals surface area contributed by atoms with E-state index in [9.17, 15) is 0 Å². The molecular formula is C16H21N3. The molecule has 3 heteroatoms. The fourth-order valence-corrected chi connectivity index (χ4v) is 2.01. The molecular weight excluding hydrogens is 234 g/mol. The highest BCUT2D eigenvalue weighted by molar-refractivity contribution is 5.31. The molecule has 3 nitrogen and oxygen atoms in total. The van der Waals surface area contributed by atoms with Crippen LogP contribution in [0.4, 0.5) is 5.95 Å². The molecule has 0 atom stereocenters. The van der Waals surface area contributed by atoms with E-state index in [2.05, 4.69) is 53.4 Å². The van der Waals surface area contributed by atoms with Gasteiger partial charge in [-0.15, -0.1) is 0 Å². The summed E-state index contributed by atoms with van der Waals surface area (Å²) >= 11 is 0. The van der Waals surface area contributed by atoms with Crippen molar-refractivity contribution >= 4 is 5.95 Å². The molecule has 0 aliphatic carbocycles. The molecule has 1 heterocycles. The Kier molecular flexibility index (Phi) is 4.15. The van der Waals surface area contributed by atoms with Crippen molar-refractivity contribution < 1.29 is 0 Å². The number of aryl methyl sites for hydroxylation is 2. The van der Waals surface area contributed by atoms with Gasteiger partial charge in [0.05, 0.1) is 0 Å². The van der Waals surface area contributed by atoms with Crippen molar-refractivity contribution in [1.29, 1.82) is 0 Å². The van der Waals surface area contributed by atoms with Crippen LogP contribution in [0.15, 0.2) is 30.3 Å². The summed E-state index contributed by atoms with van der Waals surface area (Å²) in [6.45, 7) is 9.13. The van der Waals surface area contributed by atoms with Crippen LogP contribution >= 0.6 is 0 Å². The number of rotatable bonds is 4. The summed E-state index contributed by atoms with van der Waals surface area (Å²) in [6, 6.07) is 10.7. The Morgan fingerprint density at radius 3 is 2.11 bits per heavy atom. The summed E-state index contributed by atoms with van der Waals surface area (Å²) in [4.78, 5) is 8.75. The van der Waals surface area contributed by atoms with Gasteiger partial charge in [-0.05, 0) is 37.0 Å². The largest absolute Gasteiger partial charge is 0.350 e. The van der Waals surface area contributed by atoms with E-state index in [0.717, 1.165) is 17.9 Å². The summed E-state index contributed by atoms with van der Waals surface area (Å²) in [5.74, 6) is 1.27. The van der Waals surface area contributed by atoms with Crippen LogP contribution in [0.3, 0.4) is 0 Å². The molecule has 0 amide bonds. The Hall–Kier alpha value is -1.90. The predicted molar refractivity (Wildman–Crippen MR) is 79.4 cm³/mol. The number of nitrogens with zero attached hydrogens (tertiary/aromatic N) is 2. The van der Waals surface area contributed by atoms with Crippen LogP contribution < -0.4 is 5.32 Å². The van der Waals surface area contributed by atoms with Crippen molar-refractivity contribution in [1.82, 2.24) is 9.97 Å². The normalized spacial score (nSPS) is 10.8. The van der Waals surface area contributed by atoms with Crippen molar-refractivity contribution in [2.75, 3.05) is 5.32 Å². The maximum atomic E-state index is 4.37. The summed E-state index contributed by atoms with van der Waals surface area (Å²) in [6.07, 6.45) is 0. The number of anilines is 1. The number of aromatic nitrogens is 2. The zero-order valence-corrected chi connectivity index (χ0v) is 12.1. The first-order valence-electron chi connectivity index (χ1n) is 6.69. The molecule has 1 aromatic heterocycles. The minimum atomic E-state index is 0.574. The van der Waals surface area contributed by atoms with Crippen LogP contribution in [0.1, 0.15) is 42.3 Å². The number of nitrogens with one attached hydrogen (secondary N) is 1. The van der Waals surface area contributed by atoms with Crippen LogP contribution in [-0.2, 0) is 6.54 Å². The monoisotopic (exact) mass is 255 g/mol. The van der Waals surface area contributed by atoms with Crippen LogP contribution in [0.2, 0.25) is 0 Å². The summed E-state index contributed by atoms with van der Waals surface area (Å²) in [5.41, 5.74) is 4.59. The fraction of sp³-hybridized carbons (Fsp3) is 0.375. The van der Waals surface area contributed by atoms with Gasteiger partial charge in [0, 0.05) is 17.9 Å². The van der Waals surface area contributed by atoms with Gasteiger partial charge in [0.25, 0.3) is 0 Å². The Morgan fingerprint density at radius 1 is 1.00 bits per heavy atom. The zero-order valence-electron chi connectivity index (χ0n) is 12.1. The maximum Gasteiger partial charge on any atom is 0.223 e. The van der Waals surface area contributed by atoms with E-state index in [1.54, 1.807) is 0 Å². The average Bonchev–Trinajstić information content (AvgIpc) is 2.36. The molecule has 0 aliphatic rings. The second-order valence-electron chi connectivity index (χ2n) is 5.22. The molecule has 0 fully saturated rings. The molecule has 0 unspecified atom stereocenters. The lowest BCUT2D eigenvalue weighted by Crippen LogP contribution is -2.05. The molecule has 0 spiro atoms. The van der Waals surface area contributed by atoms with Gasteiger partial charge in [-0.1, -0.05) is 38.1 Å². The van der Waals surface area contributed by atoms with Gasteiger partial charge in [-0.3, -0.25) is 0 Å². The van der Waals surface area contributed by atoms with E-state index >= 15 is 0 Å². The van der Waals surface area contributed by atoms with Gasteiger partial charge in [0.2, 0.25) is 5.95 Å². The van der Waals surface area contributed by atoms with Gasteiger partial charge >= 0.3 is 0 Å². The molecule has 2 rings (SSSR count). The molecule has 100 valence electrons. The first-order valence-corrected chi connectivity index (χ1v) is 6.69. The van der Waals surface area contributed by atoms with Crippen LogP contribution in [0, 0.1) is 13.8 Å². The Balaban J connectivity index is 2.02. The lowest BCUT2D eigenvalue weighted by atomic mass is 10.0. The third-order valence-corrected chi connectivity index (χ3v) is 3.08. The fourth-order valence-electron chi connectivity index (χ4n) is 2.01. The quantitative estimate of drug-likeness (QED) is 0.902. The minimum Gasteiger partial charge on any atom is -0.350 e. The van der Waals surface area contributed by atoms with Crippen molar-refractivity contribution in [2.24, 2.45) is 0 Å². The zero-order chi connectivity index (χ0) is 13.8. The lowest BCUT2D eigenvalue weighted by molar-refractivity contribution is 0.865. The van der Waals surface area contributed by atoms with Crippen LogP contribution in [-0.4, -0.2) is 9.97 Å². The van der Waals surface area contributed by atoms with Crippen molar-refractivity contribution in [3.8, 4) is 0 Å². The highest BCUT2D eigenvalue weighted by atomic mass is 15.1. The first kappa shape index (κ1) is 13.5. The number of hydrogen-bond acceptors (Lipinski definition) is 3. The maximum absolute atomic E-state index is 4.37. The Labute approximate surface area is 115 Å². The second kappa shape index (κ2) is 5.83. The number of benzene rings is 1. The molecule has 0 saturated heterocycles. The van der Waals surface area contributed by atoms with Gasteiger partial charge in [0.15, 0.2) is 0 Å². The topological polar surface area (TPSA) is 37.8 Å². The van der Waals surface area contributed by atoms with E-state index in [-0.39, 0.29) is 0 Å². The first-order chi connectivity index (χ1) is 9.04. The molecule has 2 aromatic rings. The van der Waals surface area contributed by atoms with Crippen molar-refractivity contribution in [3.63, 3.8) is 0 Å². The average molecular weight is 255 g/mol. The van der Waals surface area contributed by atoms with Crippen molar-refractivity contribution in [3.05, 3.63) is 52.8 Å². The lowest BCUT2D eigenvalue weighted by Gasteiger charge is -2.09. The summed E-state index contributed by atoms with van der Waals surface area (Å²) < 4.78 is 0. The van der Waals surface area contributed by atoms with Gasteiger partial charge in [-0.25, -0.2) is 9.97 Å². The summed E-state index contributed by atoms with van der Waals surface area (Å²) in [7, 11) is 0. The van der Waals surface area contributed by atoms with E-state index in [1.165, 1.54) is 11.1 Å². The van der Waals surface area contributed by atoms with E-state index in [4.69, 9.17) is 0 Å². The molecule has 0 bridgehead atoms. The molecule has 0 saturated carbocycles. The number of hydrogen-bond donors (Lipinski definition) is 1. The second-order valence-corrected chi connectivity index (χ2v) is 5.22. The van der Waals surface area contributed by atoms with Gasteiger partial charge in [0.1, 0.15) is 0 Å². The van der Waals surface area contributed by atoms with Gasteiger partial charge in [-0.2, -0.15) is 0 Å². The molecule has 19 heavy (non-hydrogen) atoms.